The Morgan fingerprint density at radius 2 is 1.92 bits per heavy atom. The van der Waals surface area contributed by atoms with Crippen molar-refractivity contribution in [3.05, 3.63) is 100 Å². The average Bonchev–Trinajstić information content (AvgIpc) is 3.46. The summed E-state index contributed by atoms with van der Waals surface area (Å²) in [4.78, 5) is 26.3. The molecule has 4 aromatic heterocycles. The summed E-state index contributed by atoms with van der Waals surface area (Å²) in [5.74, 6) is 1.10. The lowest BCUT2D eigenvalue weighted by molar-refractivity contribution is 0.0940. The van der Waals surface area contributed by atoms with E-state index in [1.807, 2.05) is 37.4 Å². The van der Waals surface area contributed by atoms with E-state index in [2.05, 4.69) is 54.7 Å². The molecule has 4 heterocycles. The number of hydrogen-bond donors (Lipinski definition) is 1. The molecule has 9 nitrogen and oxygen atoms in total. The number of rotatable bonds is 6. The Kier molecular flexibility index (Phi) is 5.44. The highest BCUT2D eigenvalue weighted by molar-refractivity contribution is 7.09. The number of hydrogen-bond acceptors (Lipinski definition) is 8. The van der Waals surface area contributed by atoms with E-state index in [4.69, 9.17) is 5.10 Å². The van der Waals surface area contributed by atoms with Crippen molar-refractivity contribution in [1.29, 1.82) is 0 Å². The molecule has 7 rings (SSSR count). The van der Waals surface area contributed by atoms with Crippen LogP contribution in [0.2, 0.25) is 0 Å². The second-order valence-corrected chi connectivity index (χ2v) is 10.9. The van der Waals surface area contributed by atoms with Gasteiger partial charge in [0, 0.05) is 33.8 Å². The van der Waals surface area contributed by atoms with E-state index in [1.54, 1.807) is 40.4 Å². The minimum atomic E-state index is -0.245. The quantitative estimate of drug-likeness (QED) is 0.319. The lowest BCUT2D eigenvalue weighted by Gasteiger charge is -2.14. The summed E-state index contributed by atoms with van der Waals surface area (Å²) in [6.07, 6.45) is 5.43. The summed E-state index contributed by atoms with van der Waals surface area (Å²) in [6, 6.07) is 17.6. The molecule has 1 aliphatic rings. The minimum absolute atomic E-state index is 0.147. The van der Waals surface area contributed by atoms with Gasteiger partial charge in [-0.05, 0) is 62.6 Å². The number of pyridine rings is 1. The Labute approximate surface area is 228 Å². The van der Waals surface area contributed by atoms with Crippen molar-refractivity contribution in [1.82, 2.24) is 40.1 Å². The summed E-state index contributed by atoms with van der Waals surface area (Å²) in [6.45, 7) is 3.88. The van der Waals surface area contributed by atoms with Crippen LogP contribution < -0.4 is 5.32 Å². The first-order valence-corrected chi connectivity index (χ1v) is 13.7. The highest BCUT2D eigenvalue weighted by Crippen LogP contribution is 2.53. The molecule has 1 aliphatic carbocycles. The molecule has 1 amide bonds. The van der Waals surface area contributed by atoms with Crippen molar-refractivity contribution in [2.75, 3.05) is 0 Å². The van der Waals surface area contributed by atoms with E-state index in [9.17, 15) is 4.79 Å². The first-order chi connectivity index (χ1) is 19.0. The van der Waals surface area contributed by atoms with Crippen LogP contribution in [0, 0.1) is 6.92 Å². The standard InChI is InChI=1S/C29H24N8OS/c1-17-16-39-26(32-17)18(2)33-25(38)20-7-5-19(6-8-20)24-15-31-28-35-34-27(37(28)36-24)29(11-12-29)22-9-10-23-21(14-22)4-3-13-30-23/h3-10,13-16,18H,11-12H2,1-2H3,(H,33,38)/t18-/m1/s1. The van der Waals surface area contributed by atoms with E-state index >= 15 is 0 Å². The summed E-state index contributed by atoms with van der Waals surface area (Å²) in [7, 11) is 0. The van der Waals surface area contributed by atoms with E-state index in [-0.39, 0.29) is 17.4 Å². The van der Waals surface area contributed by atoms with Gasteiger partial charge in [0.05, 0.1) is 23.2 Å². The molecule has 1 N–H and O–H groups in total. The van der Waals surface area contributed by atoms with Gasteiger partial charge in [0.25, 0.3) is 11.7 Å². The smallest absolute Gasteiger partial charge is 0.271 e. The summed E-state index contributed by atoms with van der Waals surface area (Å²) < 4.78 is 1.76. The monoisotopic (exact) mass is 532 g/mol. The van der Waals surface area contributed by atoms with Gasteiger partial charge < -0.3 is 5.32 Å². The van der Waals surface area contributed by atoms with Crippen LogP contribution in [0.5, 0.6) is 0 Å². The fraction of sp³-hybridized carbons (Fsp3) is 0.207. The number of aromatic nitrogens is 7. The third-order valence-corrected chi connectivity index (χ3v) is 8.41. The van der Waals surface area contributed by atoms with Gasteiger partial charge in [-0.15, -0.1) is 21.5 Å². The van der Waals surface area contributed by atoms with Gasteiger partial charge in [-0.2, -0.15) is 9.61 Å². The topological polar surface area (TPSA) is 111 Å². The van der Waals surface area contributed by atoms with Crippen molar-refractivity contribution < 1.29 is 4.79 Å². The first-order valence-electron chi connectivity index (χ1n) is 12.8. The van der Waals surface area contributed by atoms with Crippen LogP contribution in [0.1, 0.15) is 58.3 Å². The number of thiazole rings is 1. The highest BCUT2D eigenvalue weighted by Gasteiger charge is 2.50. The summed E-state index contributed by atoms with van der Waals surface area (Å²) in [5, 5.41) is 20.7. The van der Waals surface area contributed by atoms with Crippen molar-refractivity contribution in [3.63, 3.8) is 0 Å². The molecule has 1 fully saturated rings. The van der Waals surface area contributed by atoms with Crippen LogP contribution in [0.15, 0.2) is 72.4 Å². The Bertz CT molecular complexity index is 1850. The predicted molar refractivity (Wildman–Crippen MR) is 149 cm³/mol. The number of carbonyl (C=O) groups excluding carboxylic acids is 1. The van der Waals surface area contributed by atoms with Crippen molar-refractivity contribution in [2.24, 2.45) is 0 Å². The second kappa shape index (κ2) is 9.02. The van der Waals surface area contributed by atoms with Gasteiger partial charge in [-0.3, -0.25) is 9.78 Å². The molecule has 0 saturated heterocycles. The van der Waals surface area contributed by atoms with E-state index in [0.717, 1.165) is 45.8 Å². The Morgan fingerprint density at radius 1 is 1.08 bits per heavy atom. The maximum Gasteiger partial charge on any atom is 0.271 e. The molecular weight excluding hydrogens is 508 g/mol. The predicted octanol–water partition coefficient (Wildman–Crippen LogP) is 5.07. The molecule has 10 heteroatoms. The Morgan fingerprint density at radius 3 is 2.69 bits per heavy atom. The maximum absolute atomic E-state index is 12.8. The minimum Gasteiger partial charge on any atom is -0.343 e. The molecule has 0 aliphatic heterocycles. The molecule has 2 aromatic carbocycles. The Balaban J connectivity index is 1.16. The Hall–Kier alpha value is -4.57. The molecule has 39 heavy (non-hydrogen) atoms. The van der Waals surface area contributed by atoms with E-state index < -0.39 is 0 Å². The van der Waals surface area contributed by atoms with Crippen LogP contribution in [0.4, 0.5) is 0 Å². The zero-order valence-electron chi connectivity index (χ0n) is 21.4. The van der Waals surface area contributed by atoms with Crippen molar-refractivity contribution in [2.45, 2.75) is 38.1 Å². The van der Waals surface area contributed by atoms with Crippen molar-refractivity contribution >= 4 is 33.9 Å². The van der Waals surface area contributed by atoms with Gasteiger partial charge in [0.15, 0.2) is 5.82 Å². The second-order valence-electron chi connectivity index (χ2n) is 9.97. The SMILES string of the molecule is Cc1csc([C@@H](C)NC(=O)c2ccc(-c3cnc4nnc(C5(c6ccc7ncccc7c6)CC5)n4n3)cc2)n1. The molecule has 0 radical (unpaired) electrons. The number of aryl methyl sites for hydroxylation is 1. The van der Waals surface area contributed by atoms with Crippen LogP contribution >= 0.6 is 11.3 Å². The van der Waals surface area contributed by atoms with Gasteiger partial charge in [-0.25, -0.2) is 9.97 Å². The summed E-state index contributed by atoms with van der Waals surface area (Å²) >= 11 is 1.55. The number of fused-ring (bicyclic) bond motifs is 2. The molecule has 192 valence electrons. The number of amides is 1. The molecule has 1 atom stereocenters. The average molecular weight is 533 g/mol. The zero-order valence-corrected chi connectivity index (χ0v) is 22.2. The fourth-order valence-electron chi connectivity index (χ4n) is 4.97. The molecule has 0 unspecified atom stereocenters. The van der Waals surface area contributed by atoms with E-state index in [1.165, 1.54) is 5.56 Å². The summed E-state index contributed by atoms with van der Waals surface area (Å²) in [5.41, 5.74) is 4.96. The normalized spacial score (nSPS) is 14.9. The molecule has 6 aromatic rings. The van der Waals surface area contributed by atoms with Gasteiger partial charge in [-0.1, -0.05) is 24.3 Å². The number of nitrogens with one attached hydrogen (secondary N) is 1. The number of nitrogens with zero attached hydrogens (tertiary/aromatic N) is 7. The number of benzene rings is 2. The van der Waals surface area contributed by atoms with Gasteiger partial charge in [0.2, 0.25) is 0 Å². The molecule has 1 saturated carbocycles. The zero-order chi connectivity index (χ0) is 26.6. The van der Waals surface area contributed by atoms with Crippen molar-refractivity contribution in [3.8, 4) is 11.3 Å². The van der Waals surface area contributed by atoms with Gasteiger partial charge in [0.1, 0.15) is 10.7 Å². The molecular formula is C29H24N8OS. The van der Waals surface area contributed by atoms with Gasteiger partial charge >= 0.3 is 0 Å². The third-order valence-electron chi connectivity index (χ3n) is 7.27. The highest BCUT2D eigenvalue weighted by atomic mass is 32.1. The number of carbonyl (C=O) groups is 1. The molecule has 0 bridgehead atoms. The van der Waals surface area contributed by atoms with Crippen LogP contribution in [-0.4, -0.2) is 40.7 Å². The van der Waals surface area contributed by atoms with Crippen LogP contribution in [-0.2, 0) is 5.41 Å². The van der Waals surface area contributed by atoms with Crippen LogP contribution in [0.25, 0.3) is 27.9 Å². The van der Waals surface area contributed by atoms with Crippen LogP contribution in [0.3, 0.4) is 0 Å². The lowest BCUT2D eigenvalue weighted by Crippen LogP contribution is -2.26. The third kappa shape index (κ3) is 4.13. The largest absolute Gasteiger partial charge is 0.343 e. The van der Waals surface area contributed by atoms with E-state index in [0.29, 0.717) is 17.0 Å². The molecule has 0 spiro atoms. The lowest BCUT2D eigenvalue weighted by atomic mass is 9.94. The fourth-order valence-corrected chi connectivity index (χ4v) is 5.78. The first kappa shape index (κ1) is 23.5. The maximum atomic E-state index is 12.8.